The number of benzene rings is 2. The Bertz CT molecular complexity index is 1120. The summed E-state index contributed by atoms with van der Waals surface area (Å²) in [4.78, 5) is 25.2. The van der Waals surface area contributed by atoms with Crippen LogP contribution in [0.15, 0.2) is 54.6 Å². The molecule has 31 heavy (non-hydrogen) atoms. The van der Waals surface area contributed by atoms with Crippen LogP contribution in [-0.2, 0) is 9.53 Å². The first-order valence-electron chi connectivity index (χ1n) is 9.22. The standard InChI is InChI=1S/C22H20ClFN4O3/c1-14-19(21(23)28(26-14)18-8-4-15(24)5-9-18)12-13-20(29)25-16-6-10-17(11-7-16)27(2)22(30)31-3/h4-13H,1-3H3,(H,25,29)/b13-12+. The summed E-state index contributed by atoms with van der Waals surface area (Å²) >= 11 is 6.41. The molecule has 2 amide bonds. The lowest BCUT2D eigenvalue weighted by atomic mass is 10.2. The minimum absolute atomic E-state index is 0.309. The molecule has 1 aromatic heterocycles. The van der Waals surface area contributed by atoms with Crippen molar-refractivity contribution in [3.63, 3.8) is 0 Å². The van der Waals surface area contributed by atoms with Crippen molar-refractivity contribution in [2.75, 3.05) is 24.4 Å². The molecule has 1 heterocycles. The number of halogens is 2. The van der Waals surface area contributed by atoms with E-state index < -0.39 is 6.09 Å². The fraction of sp³-hybridized carbons (Fsp3) is 0.136. The summed E-state index contributed by atoms with van der Waals surface area (Å²) in [6.45, 7) is 1.76. The number of methoxy groups -OCH3 is 1. The molecule has 160 valence electrons. The third-order valence-corrected chi connectivity index (χ3v) is 4.85. The van der Waals surface area contributed by atoms with Crippen molar-refractivity contribution in [3.05, 3.63) is 76.8 Å². The van der Waals surface area contributed by atoms with Crippen LogP contribution in [0.25, 0.3) is 11.8 Å². The normalized spacial score (nSPS) is 10.9. The molecule has 0 fully saturated rings. The molecule has 0 saturated heterocycles. The van der Waals surface area contributed by atoms with E-state index in [0.717, 1.165) is 0 Å². The van der Waals surface area contributed by atoms with Gasteiger partial charge in [0.05, 0.1) is 18.5 Å². The van der Waals surface area contributed by atoms with Crippen molar-refractivity contribution in [2.24, 2.45) is 0 Å². The number of nitrogens with one attached hydrogen (secondary N) is 1. The van der Waals surface area contributed by atoms with Gasteiger partial charge in [0.1, 0.15) is 11.0 Å². The smallest absolute Gasteiger partial charge is 0.413 e. The Balaban J connectivity index is 1.70. The largest absolute Gasteiger partial charge is 0.452 e. The maximum Gasteiger partial charge on any atom is 0.413 e. The number of anilines is 2. The highest BCUT2D eigenvalue weighted by Crippen LogP contribution is 2.25. The third-order valence-electron chi connectivity index (χ3n) is 4.49. The third kappa shape index (κ3) is 5.10. The average Bonchev–Trinajstić information content (AvgIpc) is 3.05. The van der Waals surface area contributed by atoms with Gasteiger partial charge in [-0.15, -0.1) is 0 Å². The van der Waals surface area contributed by atoms with Gasteiger partial charge in [0, 0.05) is 30.1 Å². The van der Waals surface area contributed by atoms with Gasteiger partial charge in [-0.25, -0.2) is 13.9 Å². The van der Waals surface area contributed by atoms with E-state index in [1.165, 1.54) is 34.9 Å². The fourth-order valence-corrected chi connectivity index (χ4v) is 3.14. The highest BCUT2D eigenvalue weighted by atomic mass is 35.5. The Hall–Kier alpha value is -3.65. The van der Waals surface area contributed by atoms with Crippen LogP contribution in [0.1, 0.15) is 11.3 Å². The van der Waals surface area contributed by atoms with Crippen molar-refractivity contribution >= 4 is 41.1 Å². The van der Waals surface area contributed by atoms with E-state index in [0.29, 0.717) is 33.5 Å². The van der Waals surface area contributed by atoms with E-state index >= 15 is 0 Å². The van der Waals surface area contributed by atoms with Crippen molar-refractivity contribution in [2.45, 2.75) is 6.92 Å². The molecule has 0 spiro atoms. The maximum atomic E-state index is 13.1. The van der Waals surface area contributed by atoms with E-state index in [4.69, 9.17) is 11.6 Å². The second-order valence-corrected chi connectivity index (χ2v) is 6.93. The summed E-state index contributed by atoms with van der Waals surface area (Å²) in [5, 5.41) is 7.40. The number of hydrogen-bond acceptors (Lipinski definition) is 4. The molecule has 0 bridgehead atoms. The highest BCUT2D eigenvalue weighted by molar-refractivity contribution is 6.31. The fourth-order valence-electron chi connectivity index (χ4n) is 2.81. The summed E-state index contributed by atoms with van der Waals surface area (Å²) in [5.74, 6) is -0.718. The topological polar surface area (TPSA) is 76.5 Å². The minimum Gasteiger partial charge on any atom is -0.452 e. The lowest BCUT2D eigenvalue weighted by molar-refractivity contribution is -0.111. The van der Waals surface area contributed by atoms with Crippen LogP contribution >= 0.6 is 11.6 Å². The second kappa shape index (κ2) is 9.44. The molecule has 2 aromatic carbocycles. The number of amides is 2. The Morgan fingerprint density at radius 1 is 1.16 bits per heavy atom. The van der Waals surface area contributed by atoms with Crippen LogP contribution in [0.3, 0.4) is 0 Å². The number of aromatic nitrogens is 2. The van der Waals surface area contributed by atoms with Gasteiger partial charge < -0.3 is 10.1 Å². The average molecular weight is 443 g/mol. The lowest BCUT2D eigenvalue weighted by Gasteiger charge is -2.15. The molecule has 0 aliphatic rings. The first-order valence-corrected chi connectivity index (χ1v) is 9.60. The molecule has 0 unspecified atom stereocenters. The molecule has 0 atom stereocenters. The van der Waals surface area contributed by atoms with Gasteiger partial charge in [0.25, 0.3) is 0 Å². The SMILES string of the molecule is COC(=O)N(C)c1ccc(NC(=O)/C=C/c2c(C)nn(-c3ccc(F)cc3)c2Cl)cc1. The van der Waals surface area contributed by atoms with Crippen LogP contribution in [-0.4, -0.2) is 35.9 Å². The summed E-state index contributed by atoms with van der Waals surface area (Å²) in [6.07, 6.45) is 2.42. The van der Waals surface area contributed by atoms with Crippen molar-refractivity contribution in [3.8, 4) is 5.69 Å². The van der Waals surface area contributed by atoms with Crippen molar-refractivity contribution < 1.29 is 18.7 Å². The summed E-state index contributed by atoms with van der Waals surface area (Å²) in [7, 11) is 2.89. The van der Waals surface area contributed by atoms with Gasteiger partial charge in [-0.3, -0.25) is 9.69 Å². The summed E-state index contributed by atoms with van der Waals surface area (Å²) in [5.41, 5.74) is 2.98. The Kier molecular flexibility index (Phi) is 6.71. The second-order valence-electron chi connectivity index (χ2n) is 6.58. The van der Waals surface area contributed by atoms with Gasteiger partial charge in [-0.05, 0) is 61.5 Å². The molecular formula is C22H20ClFN4O3. The van der Waals surface area contributed by atoms with E-state index in [1.807, 2.05) is 0 Å². The number of nitrogens with zero attached hydrogens (tertiary/aromatic N) is 3. The van der Waals surface area contributed by atoms with Gasteiger partial charge in [-0.2, -0.15) is 5.10 Å². The Morgan fingerprint density at radius 3 is 2.42 bits per heavy atom. The molecule has 0 radical (unpaired) electrons. The first kappa shape index (κ1) is 22.0. The Morgan fingerprint density at radius 2 is 1.81 bits per heavy atom. The molecule has 3 aromatic rings. The van der Waals surface area contributed by atoms with Gasteiger partial charge in [0.2, 0.25) is 5.91 Å². The Labute approximate surface area is 183 Å². The van der Waals surface area contributed by atoms with Gasteiger partial charge in [0.15, 0.2) is 0 Å². The molecule has 0 aliphatic heterocycles. The predicted octanol–water partition coefficient (Wildman–Crippen LogP) is 4.83. The molecule has 1 N–H and O–H groups in total. The molecule has 0 aliphatic carbocycles. The molecule has 9 heteroatoms. The minimum atomic E-state index is -0.492. The maximum absolute atomic E-state index is 13.1. The van der Waals surface area contributed by atoms with E-state index in [-0.39, 0.29) is 11.7 Å². The zero-order valence-electron chi connectivity index (χ0n) is 17.1. The molecule has 3 rings (SSSR count). The number of ether oxygens (including phenoxy) is 1. The quantitative estimate of drug-likeness (QED) is 0.574. The monoisotopic (exact) mass is 442 g/mol. The summed E-state index contributed by atoms with van der Waals surface area (Å²) in [6, 6.07) is 12.5. The molecule has 7 nitrogen and oxygen atoms in total. The van der Waals surface area contributed by atoms with Crippen LogP contribution < -0.4 is 10.2 Å². The van der Waals surface area contributed by atoms with Gasteiger partial charge in [-0.1, -0.05) is 11.6 Å². The van der Waals surface area contributed by atoms with Crippen LogP contribution in [0.2, 0.25) is 5.15 Å². The summed E-state index contributed by atoms with van der Waals surface area (Å²) < 4.78 is 19.3. The highest BCUT2D eigenvalue weighted by Gasteiger charge is 2.13. The number of rotatable bonds is 5. The molecular weight excluding hydrogens is 423 g/mol. The van der Waals surface area contributed by atoms with E-state index in [1.54, 1.807) is 56.4 Å². The number of aryl methyl sites for hydroxylation is 1. The number of hydrogen-bond donors (Lipinski definition) is 1. The lowest BCUT2D eigenvalue weighted by Crippen LogP contribution is -2.25. The van der Waals surface area contributed by atoms with Gasteiger partial charge >= 0.3 is 6.09 Å². The van der Waals surface area contributed by atoms with Crippen LogP contribution in [0, 0.1) is 12.7 Å². The predicted molar refractivity (Wildman–Crippen MR) is 118 cm³/mol. The van der Waals surface area contributed by atoms with Crippen LogP contribution in [0.5, 0.6) is 0 Å². The number of carbonyl (C=O) groups is 2. The van der Waals surface area contributed by atoms with Crippen molar-refractivity contribution in [1.29, 1.82) is 0 Å². The zero-order chi connectivity index (χ0) is 22.5. The van der Waals surface area contributed by atoms with E-state index in [2.05, 4.69) is 15.2 Å². The van der Waals surface area contributed by atoms with E-state index in [9.17, 15) is 14.0 Å². The van der Waals surface area contributed by atoms with Crippen molar-refractivity contribution in [1.82, 2.24) is 9.78 Å². The van der Waals surface area contributed by atoms with Crippen LogP contribution in [0.4, 0.5) is 20.6 Å². The number of carbonyl (C=O) groups excluding carboxylic acids is 2. The molecule has 0 saturated carbocycles. The zero-order valence-corrected chi connectivity index (χ0v) is 17.9. The first-order chi connectivity index (χ1) is 14.8.